The van der Waals surface area contributed by atoms with Crippen molar-refractivity contribution >= 4 is 29.5 Å². The first kappa shape index (κ1) is 11.2. The van der Waals surface area contributed by atoms with Gasteiger partial charge < -0.3 is 4.57 Å². The smallest absolute Gasteiger partial charge is 0.185 e. The molecule has 0 atom stereocenters. The molecule has 0 amide bonds. The fourth-order valence-corrected chi connectivity index (χ4v) is 2.04. The summed E-state index contributed by atoms with van der Waals surface area (Å²) in [6.07, 6.45) is 4.03. The van der Waals surface area contributed by atoms with E-state index in [-0.39, 0.29) is 0 Å². The van der Waals surface area contributed by atoms with Gasteiger partial charge in [0.1, 0.15) is 0 Å². The summed E-state index contributed by atoms with van der Waals surface area (Å²) >= 11 is 11.8. The van der Waals surface area contributed by atoms with E-state index in [1.165, 1.54) is 0 Å². The van der Waals surface area contributed by atoms with Gasteiger partial charge in [0.25, 0.3) is 0 Å². The molecular formula is C11H8Cl2N2O. The monoisotopic (exact) mass is 254 g/mol. The predicted octanol–water partition coefficient (Wildman–Crippen LogP) is 3.05. The number of carbonyl (C=O) groups excluding carboxylic acids is 1. The number of rotatable bonds is 3. The molecule has 0 radical (unpaired) electrons. The van der Waals surface area contributed by atoms with Gasteiger partial charge in [-0.05, 0) is 23.8 Å². The number of nitrogens with zero attached hydrogens (tertiary/aromatic N) is 2. The maximum Gasteiger partial charge on any atom is 0.185 e. The summed E-state index contributed by atoms with van der Waals surface area (Å²) in [5, 5.41) is 1.16. The van der Waals surface area contributed by atoms with E-state index in [1.54, 1.807) is 23.0 Å². The van der Waals surface area contributed by atoms with Gasteiger partial charge in [-0.3, -0.25) is 4.79 Å². The third-order valence-electron chi connectivity index (χ3n) is 2.13. The van der Waals surface area contributed by atoms with Crippen LogP contribution < -0.4 is 0 Å². The highest BCUT2D eigenvalue weighted by molar-refractivity contribution is 6.34. The molecule has 16 heavy (non-hydrogen) atoms. The van der Waals surface area contributed by atoms with Crippen LogP contribution in [0.3, 0.4) is 0 Å². The lowest BCUT2D eigenvalue weighted by molar-refractivity contribution is 0.111. The Kier molecular flexibility index (Phi) is 3.27. The molecule has 1 aromatic carbocycles. The lowest BCUT2D eigenvalue weighted by Crippen LogP contribution is -2.03. The van der Waals surface area contributed by atoms with Crippen molar-refractivity contribution in [2.45, 2.75) is 6.54 Å². The predicted molar refractivity (Wildman–Crippen MR) is 63.2 cm³/mol. The van der Waals surface area contributed by atoms with E-state index in [4.69, 9.17) is 23.2 Å². The van der Waals surface area contributed by atoms with Gasteiger partial charge in [0, 0.05) is 29.0 Å². The lowest BCUT2D eigenvalue weighted by atomic mass is 10.2. The van der Waals surface area contributed by atoms with Crippen molar-refractivity contribution in [2.24, 2.45) is 0 Å². The van der Waals surface area contributed by atoms with Gasteiger partial charge in [-0.15, -0.1) is 0 Å². The number of carbonyl (C=O) groups is 1. The highest BCUT2D eigenvalue weighted by Crippen LogP contribution is 2.19. The molecule has 1 aromatic heterocycles. The molecule has 0 aliphatic carbocycles. The third kappa shape index (κ3) is 2.43. The zero-order chi connectivity index (χ0) is 11.5. The van der Waals surface area contributed by atoms with Crippen LogP contribution in [0.4, 0.5) is 0 Å². The first-order chi connectivity index (χ1) is 7.69. The van der Waals surface area contributed by atoms with E-state index in [9.17, 15) is 4.79 Å². The Labute approximate surface area is 103 Å². The number of aldehydes is 1. The first-order valence-corrected chi connectivity index (χ1v) is 5.36. The molecule has 0 bridgehead atoms. The van der Waals surface area contributed by atoms with E-state index in [2.05, 4.69) is 4.98 Å². The van der Waals surface area contributed by atoms with Crippen LogP contribution in [0.25, 0.3) is 0 Å². The molecule has 0 saturated carbocycles. The van der Waals surface area contributed by atoms with Crippen molar-refractivity contribution in [3.8, 4) is 0 Å². The Morgan fingerprint density at radius 3 is 2.56 bits per heavy atom. The molecule has 3 nitrogen and oxygen atoms in total. The SMILES string of the molecule is O=Cc1nccn1Cc1cc(Cl)cc(Cl)c1. The number of hydrogen-bond donors (Lipinski definition) is 0. The first-order valence-electron chi connectivity index (χ1n) is 4.60. The summed E-state index contributed by atoms with van der Waals surface area (Å²) in [6.45, 7) is 0.522. The Balaban J connectivity index is 2.30. The minimum atomic E-state index is 0.385. The van der Waals surface area contributed by atoms with Gasteiger partial charge in [-0.1, -0.05) is 23.2 Å². The number of aromatic nitrogens is 2. The second kappa shape index (κ2) is 4.68. The van der Waals surface area contributed by atoms with Crippen LogP contribution in [-0.4, -0.2) is 15.8 Å². The maximum absolute atomic E-state index is 10.7. The second-order valence-electron chi connectivity index (χ2n) is 3.31. The molecule has 1 heterocycles. The fourth-order valence-electron chi connectivity index (χ4n) is 1.47. The summed E-state index contributed by atoms with van der Waals surface area (Å²) in [6, 6.07) is 5.28. The summed E-state index contributed by atoms with van der Waals surface area (Å²) < 4.78 is 1.73. The second-order valence-corrected chi connectivity index (χ2v) is 4.18. The molecule has 0 aliphatic heterocycles. The number of benzene rings is 1. The standard InChI is InChI=1S/C11H8Cl2N2O/c12-9-3-8(4-10(13)5-9)6-15-2-1-14-11(15)7-16/h1-5,7H,6H2. The van der Waals surface area contributed by atoms with Crippen molar-refractivity contribution in [3.63, 3.8) is 0 Å². The largest absolute Gasteiger partial charge is 0.324 e. The fraction of sp³-hybridized carbons (Fsp3) is 0.0909. The zero-order valence-electron chi connectivity index (χ0n) is 8.23. The van der Waals surface area contributed by atoms with Crippen LogP contribution in [0, 0.1) is 0 Å². The quantitative estimate of drug-likeness (QED) is 0.790. The Morgan fingerprint density at radius 2 is 1.94 bits per heavy atom. The number of hydrogen-bond acceptors (Lipinski definition) is 2. The molecule has 0 fully saturated rings. The van der Waals surface area contributed by atoms with Crippen LogP contribution in [0.15, 0.2) is 30.6 Å². The molecule has 2 aromatic rings. The minimum Gasteiger partial charge on any atom is -0.324 e. The van der Waals surface area contributed by atoms with Gasteiger partial charge in [0.05, 0.1) is 0 Å². The summed E-state index contributed by atoms with van der Waals surface area (Å²) in [5.74, 6) is 0.385. The van der Waals surface area contributed by atoms with Crippen LogP contribution in [-0.2, 0) is 6.54 Å². The Hall–Kier alpha value is -1.32. The molecule has 0 aliphatic rings. The van der Waals surface area contributed by atoms with E-state index >= 15 is 0 Å². The number of imidazole rings is 1. The van der Waals surface area contributed by atoms with Crippen LogP contribution in [0.2, 0.25) is 10.0 Å². The summed E-state index contributed by atoms with van der Waals surface area (Å²) in [5.41, 5.74) is 0.929. The molecule has 0 N–H and O–H groups in total. The summed E-state index contributed by atoms with van der Waals surface area (Å²) in [4.78, 5) is 14.6. The Morgan fingerprint density at radius 1 is 1.25 bits per heavy atom. The molecule has 0 unspecified atom stereocenters. The molecule has 2 rings (SSSR count). The van der Waals surface area contributed by atoms with Gasteiger partial charge >= 0.3 is 0 Å². The van der Waals surface area contributed by atoms with E-state index in [0.29, 0.717) is 28.7 Å². The average molecular weight is 255 g/mol. The van der Waals surface area contributed by atoms with E-state index in [0.717, 1.165) is 5.56 Å². The number of halogens is 2. The van der Waals surface area contributed by atoms with E-state index < -0.39 is 0 Å². The van der Waals surface area contributed by atoms with Crippen molar-refractivity contribution in [2.75, 3.05) is 0 Å². The molecule has 5 heteroatoms. The highest BCUT2D eigenvalue weighted by atomic mass is 35.5. The third-order valence-corrected chi connectivity index (χ3v) is 2.56. The average Bonchev–Trinajstić information content (AvgIpc) is 2.63. The van der Waals surface area contributed by atoms with Gasteiger partial charge in [-0.2, -0.15) is 0 Å². The summed E-state index contributed by atoms with van der Waals surface area (Å²) in [7, 11) is 0. The van der Waals surface area contributed by atoms with Gasteiger partial charge in [0.2, 0.25) is 0 Å². The van der Waals surface area contributed by atoms with Crippen molar-refractivity contribution in [1.29, 1.82) is 0 Å². The topological polar surface area (TPSA) is 34.9 Å². The van der Waals surface area contributed by atoms with E-state index in [1.807, 2.05) is 12.1 Å². The normalized spacial score (nSPS) is 10.4. The molecule has 0 saturated heterocycles. The molecular weight excluding hydrogens is 247 g/mol. The maximum atomic E-state index is 10.7. The van der Waals surface area contributed by atoms with Crippen molar-refractivity contribution in [3.05, 3.63) is 52.0 Å². The van der Waals surface area contributed by atoms with Gasteiger partial charge in [-0.25, -0.2) is 4.98 Å². The van der Waals surface area contributed by atoms with Crippen LogP contribution >= 0.6 is 23.2 Å². The van der Waals surface area contributed by atoms with Crippen molar-refractivity contribution < 1.29 is 4.79 Å². The van der Waals surface area contributed by atoms with Gasteiger partial charge in [0.15, 0.2) is 12.1 Å². The molecule has 0 spiro atoms. The molecule has 82 valence electrons. The minimum absolute atomic E-state index is 0.385. The Bertz CT molecular complexity index is 502. The van der Waals surface area contributed by atoms with Crippen LogP contribution in [0.1, 0.15) is 16.2 Å². The lowest BCUT2D eigenvalue weighted by Gasteiger charge is -2.05. The van der Waals surface area contributed by atoms with Crippen LogP contribution in [0.5, 0.6) is 0 Å². The zero-order valence-corrected chi connectivity index (χ0v) is 9.74. The highest BCUT2D eigenvalue weighted by Gasteiger charge is 2.03. The van der Waals surface area contributed by atoms with Crippen molar-refractivity contribution in [1.82, 2.24) is 9.55 Å².